The number of rotatable bonds is 6. The van der Waals surface area contributed by atoms with E-state index in [0.717, 1.165) is 24.8 Å². The van der Waals surface area contributed by atoms with E-state index in [1.54, 1.807) is 9.80 Å². The van der Waals surface area contributed by atoms with E-state index in [2.05, 4.69) is 0 Å². The first-order valence-corrected chi connectivity index (χ1v) is 9.39. The molecule has 1 aliphatic rings. The number of alkyl halides is 1. The maximum Gasteiger partial charge on any atom is 0.410 e. The molecule has 5 nitrogen and oxygen atoms in total. The number of carbonyl (C=O) groups is 2. The molecule has 1 saturated heterocycles. The Morgan fingerprint density at radius 1 is 1.28 bits per heavy atom. The molecule has 0 N–H and O–H groups in total. The van der Waals surface area contributed by atoms with Crippen molar-refractivity contribution in [1.82, 2.24) is 9.80 Å². The predicted octanol–water partition coefficient (Wildman–Crippen LogP) is 3.65. The molecule has 2 rings (SSSR count). The molecule has 1 aliphatic heterocycles. The second kappa shape index (κ2) is 9.66. The van der Waals surface area contributed by atoms with Crippen LogP contribution in [0.1, 0.15) is 38.7 Å². The normalized spacial score (nSPS) is 17.4. The summed E-state index contributed by atoms with van der Waals surface area (Å²) in [7, 11) is 0. The van der Waals surface area contributed by atoms with Gasteiger partial charge in [-0.25, -0.2) is 4.79 Å². The van der Waals surface area contributed by atoms with Crippen LogP contribution < -0.4 is 0 Å². The van der Waals surface area contributed by atoms with Crippen LogP contribution in [0.25, 0.3) is 0 Å². The van der Waals surface area contributed by atoms with E-state index in [9.17, 15) is 9.59 Å². The molecule has 1 aromatic rings. The van der Waals surface area contributed by atoms with Crippen LogP contribution in [0, 0.1) is 0 Å². The topological polar surface area (TPSA) is 49.9 Å². The number of hydrogen-bond acceptors (Lipinski definition) is 3. The summed E-state index contributed by atoms with van der Waals surface area (Å²) in [5.41, 5.74) is 0.963. The van der Waals surface area contributed by atoms with Crippen molar-refractivity contribution in [1.29, 1.82) is 0 Å². The Morgan fingerprint density at radius 3 is 2.64 bits per heavy atom. The standard InChI is InChI=1S/C19H27ClN2O3/c1-15(2)22(18(23)12-20)13-17-10-6-7-11-21(17)19(24)25-14-16-8-4-3-5-9-16/h3-5,8-9,15,17H,6-7,10-14H2,1-2H3. The summed E-state index contributed by atoms with van der Waals surface area (Å²) in [6, 6.07) is 9.67. The summed E-state index contributed by atoms with van der Waals surface area (Å²) in [6.45, 7) is 5.36. The van der Waals surface area contributed by atoms with E-state index in [-0.39, 0.29) is 36.6 Å². The SMILES string of the molecule is CC(C)N(CC1CCCCN1C(=O)OCc1ccccc1)C(=O)CCl. The van der Waals surface area contributed by atoms with E-state index in [1.807, 2.05) is 44.2 Å². The van der Waals surface area contributed by atoms with Gasteiger partial charge in [-0.15, -0.1) is 11.6 Å². The Kier molecular flexibility index (Phi) is 7.56. The molecule has 0 aromatic heterocycles. The van der Waals surface area contributed by atoms with Gasteiger partial charge in [0.25, 0.3) is 0 Å². The number of carbonyl (C=O) groups excluding carboxylic acids is 2. The molecule has 6 heteroatoms. The Morgan fingerprint density at radius 2 is 2.00 bits per heavy atom. The van der Waals surface area contributed by atoms with Gasteiger partial charge in [0.2, 0.25) is 5.91 Å². The number of amides is 2. The lowest BCUT2D eigenvalue weighted by Crippen LogP contribution is -2.52. The van der Waals surface area contributed by atoms with Crippen molar-refractivity contribution in [2.75, 3.05) is 19.0 Å². The van der Waals surface area contributed by atoms with Crippen LogP contribution in [0.5, 0.6) is 0 Å². The minimum Gasteiger partial charge on any atom is -0.445 e. The summed E-state index contributed by atoms with van der Waals surface area (Å²) >= 11 is 5.73. The fraction of sp³-hybridized carbons (Fsp3) is 0.579. The van der Waals surface area contributed by atoms with Gasteiger partial charge in [-0.3, -0.25) is 4.79 Å². The quantitative estimate of drug-likeness (QED) is 0.722. The molecule has 1 atom stereocenters. The van der Waals surface area contributed by atoms with Gasteiger partial charge in [0.1, 0.15) is 12.5 Å². The van der Waals surface area contributed by atoms with Gasteiger partial charge in [-0.2, -0.15) is 0 Å². The third-order valence-corrected chi connectivity index (χ3v) is 4.76. The number of likely N-dealkylation sites (tertiary alicyclic amines) is 1. The zero-order valence-electron chi connectivity index (χ0n) is 15.0. The van der Waals surface area contributed by atoms with Crippen LogP contribution in [-0.4, -0.2) is 52.9 Å². The van der Waals surface area contributed by atoms with Crippen LogP contribution in [0.15, 0.2) is 30.3 Å². The largest absolute Gasteiger partial charge is 0.445 e. The van der Waals surface area contributed by atoms with Crippen molar-refractivity contribution in [3.63, 3.8) is 0 Å². The van der Waals surface area contributed by atoms with Crippen molar-refractivity contribution in [3.8, 4) is 0 Å². The summed E-state index contributed by atoms with van der Waals surface area (Å²) < 4.78 is 5.48. The number of hydrogen-bond donors (Lipinski definition) is 0. The Bertz CT molecular complexity index is 565. The molecular formula is C19H27ClN2O3. The van der Waals surface area contributed by atoms with Crippen molar-refractivity contribution in [3.05, 3.63) is 35.9 Å². The third kappa shape index (κ3) is 5.63. The van der Waals surface area contributed by atoms with Gasteiger partial charge in [0.05, 0.1) is 6.04 Å². The van der Waals surface area contributed by atoms with Crippen LogP contribution in [0.2, 0.25) is 0 Å². The first-order valence-electron chi connectivity index (χ1n) is 8.85. The number of piperidine rings is 1. The first kappa shape index (κ1) is 19.6. The molecule has 1 heterocycles. The van der Waals surface area contributed by atoms with E-state index in [4.69, 9.17) is 16.3 Å². The molecule has 2 amide bonds. The van der Waals surface area contributed by atoms with E-state index in [1.165, 1.54) is 0 Å². The zero-order valence-corrected chi connectivity index (χ0v) is 15.7. The molecule has 25 heavy (non-hydrogen) atoms. The lowest BCUT2D eigenvalue weighted by molar-refractivity contribution is -0.131. The number of ether oxygens (including phenoxy) is 1. The van der Waals surface area contributed by atoms with E-state index in [0.29, 0.717) is 13.1 Å². The summed E-state index contributed by atoms with van der Waals surface area (Å²) in [6.07, 6.45) is 2.57. The maximum absolute atomic E-state index is 12.5. The summed E-state index contributed by atoms with van der Waals surface area (Å²) in [5, 5.41) is 0. The minimum atomic E-state index is -0.310. The molecule has 0 spiro atoms. The molecular weight excluding hydrogens is 340 g/mol. The van der Waals surface area contributed by atoms with Crippen molar-refractivity contribution in [2.24, 2.45) is 0 Å². The summed E-state index contributed by atoms with van der Waals surface area (Å²) in [4.78, 5) is 28.1. The average Bonchev–Trinajstić information content (AvgIpc) is 2.64. The van der Waals surface area contributed by atoms with Crippen LogP contribution >= 0.6 is 11.6 Å². The average molecular weight is 367 g/mol. The monoisotopic (exact) mass is 366 g/mol. The predicted molar refractivity (Wildman–Crippen MR) is 98.5 cm³/mol. The molecule has 0 radical (unpaired) electrons. The first-order chi connectivity index (χ1) is 12.0. The molecule has 0 bridgehead atoms. The van der Waals surface area contributed by atoms with Crippen molar-refractivity contribution < 1.29 is 14.3 Å². The molecule has 1 fully saturated rings. The number of benzene rings is 1. The Hall–Kier alpha value is -1.75. The van der Waals surface area contributed by atoms with Crippen molar-refractivity contribution in [2.45, 2.75) is 51.8 Å². The Labute approximate surface area is 154 Å². The highest BCUT2D eigenvalue weighted by Gasteiger charge is 2.31. The third-order valence-electron chi connectivity index (χ3n) is 4.53. The van der Waals surface area contributed by atoms with Crippen LogP contribution in [0.4, 0.5) is 4.79 Å². The van der Waals surface area contributed by atoms with Crippen LogP contribution in [-0.2, 0) is 16.1 Å². The second-order valence-electron chi connectivity index (χ2n) is 6.66. The highest BCUT2D eigenvalue weighted by atomic mass is 35.5. The molecule has 0 saturated carbocycles. The molecule has 1 unspecified atom stereocenters. The highest BCUT2D eigenvalue weighted by molar-refractivity contribution is 6.27. The fourth-order valence-electron chi connectivity index (χ4n) is 3.14. The fourth-order valence-corrected chi connectivity index (χ4v) is 3.29. The van der Waals surface area contributed by atoms with E-state index >= 15 is 0 Å². The van der Waals surface area contributed by atoms with Crippen LogP contribution in [0.3, 0.4) is 0 Å². The lowest BCUT2D eigenvalue weighted by atomic mass is 10.0. The highest BCUT2D eigenvalue weighted by Crippen LogP contribution is 2.20. The van der Waals surface area contributed by atoms with Gasteiger partial charge in [-0.05, 0) is 38.7 Å². The van der Waals surface area contributed by atoms with Gasteiger partial charge in [0.15, 0.2) is 0 Å². The van der Waals surface area contributed by atoms with E-state index < -0.39 is 0 Å². The zero-order chi connectivity index (χ0) is 18.2. The van der Waals surface area contributed by atoms with Gasteiger partial charge >= 0.3 is 6.09 Å². The number of halogens is 1. The van der Waals surface area contributed by atoms with Gasteiger partial charge in [-0.1, -0.05) is 30.3 Å². The van der Waals surface area contributed by atoms with Gasteiger partial charge < -0.3 is 14.5 Å². The minimum absolute atomic E-state index is 0.0217. The van der Waals surface area contributed by atoms with Gasteiger partial charge in [0, 0.05) is 19.1 Å². The smallest absolute Gasteiger partial charge is 0.410 e. The number of nitrogens with zero attached hydrogens (tertiary/aromatic N) is 2. The summed E-state index contributed by atoms with van der Waals surface area (Å²) in [5.74, 6) is -0.136. The molecule has 0 aliphatic carbocycles. The molecule has 138 valence electrons. The second-order valence-corrected chi connectivity index (χ2v) is 6.92. The maximum atomic E-state index is 12.5. The molecule has 1 aromatic carbocycles. The van der Waals surface area contributed by atoms with Crippen molar-refractivity contribution >= 4 is 23.6 Å². The Balaban J connectivity index is 1.98. The lowest BCUT2D eigenvalue weighted by Gasteiger charge is -2.39.